The molecule has 6 aromatic carbocycles. The Morgan fingerprint density at radius 2 is 1.20 bits per heavy atom. The quantitative estimate of drug-likeness (QED) is 0.147. The van der Waals surface area contributed by atoms with Crippen molar-refractivity contribution >= 4 is 81.1 Å². The van der Waals surface area contributed by atoms with E-state index in [1.807, 2.05) is 67.3 Å². The van der Waals surface area contributed by atoms with Gasteiger partial charge in [0.05, 0.1) is 56.0 Å². The molecular formula is C72H70B2N8O. The lowest BCUT2D eigenvalue weighted by Gasteiger charge is -2.32. The van der Waals surface area contributed by atoms with E-state index in [4.69, 9.17) is 21.6 Å². The number of nitrogens with one attached hydrogen (secondary N) is 2. The number of pyridine rings is 1. The minimum Gasteiger partial charge on any atom is -0.439 e. The van der Waals surface area contributed by atoms with E-state index in [0.717, 1.165) is 66.1 Å². The van der Waals surface area contributed by atoms with Crippen molar-refractivity contribution in [2.45, 2.75) is 78.6 Å². The Balaban J connectivity index is 1.10. The number of benzene rings is 6. The summed E-state index contributed by atoms with van der Waals surface area (Å²) in [6.45, 7) is 17.7. The Morgan fingerprint density at radius 3 is 1.86 bits per heavy atom. The number of anilines is 4. The number of hydrogen-bond acceptors (Lipinski definition) is 7. The number of aromatic nitrogens is 4. The topological polar surface area (TPSA) is 75.4 Å². The van der Waals surface area contributed by atoms with Crippen LogP contribution in [0.3, 0.4) is 0 Å². The number of ether oxygens (including phenoxy) is 1. The zero-order chi connectivity index (χ0) is 63.6. The van der Waals surface area contributed by atoms with E-state index in [-0.39, 0.29) is 51.1 Å². The molecule has 9 aromatic rings. The van der Waals surface area contributed by atoms with Crippen molar-refractivity contribution in [3.63, 3.8) is 0 Å². The molecule has 0 amide bonds. The molecule has 0 saturated carbocycles. The number of rotatable bonds is 8. The van der Waals surface area contributed by atoms with Gasteiger partial charge in [-0.25, -0.2) is 9.97 Å². The van der Waals surface area contributed by atoms with Gasteiger partial charge in [0.25, 0.3) is 0 Å². The largest absolute Gasteiger partial charge is 0.439 e. The number of para-hydroxylation sites is 5. The molecule has 0 bridgehead atoms. The van der Waals surface area contributed by atoms with Gasteiger partial charge in [0.1, 0.15) is 12.4 Å². The standard InChI is InChI=1S/C72H70B2N8O/c1-70(2,3)48-42-53(57-27-22-40-75-38-19-17-36-73-57)68(54(43-48)58-28-23-41-76-39-20-18-37-74-58)81-47-80(63-32-15-16-33-64(63)81)49-44-60(67-55(71(4,5)6)25-21-26-56(67)72(7,8)9)77-66(45-49)83-50-34-35-52-51-24-11-13-30-61(51)82(65(52)46-50)69-78-59-29-12-14-31-62(59)79(69)10/h11-46,75-76H,47H2,1-10H3/b36-17-,37-18-,38-19-,39-20-,40-22-,41-23-,57-27-,58-28-/i10D3,11D,13D,24D,30D. The number of nitrogens with zero attached hydrogens (tertiary/aromatic N) is 6. The zero-order valence-electron chi connectivity index (χ0n) is 55.4. The summed E-state index contributed by atoms with van der Waals surface area (Å²) in [5.41, 5.74) is 13.2. The lowest BCUT2D eigenvalue weighted by molar-refractivity contribution is 0.464. The van der Waals surface area contributed by atoms with Crippen molar-refractivity contribution in [3.05, 3.63) is 247 Å². The molecule has 11 heteroatoms. The highest BCUT2D eigenvalue weighted by Gasteiger charge is 2.35. The van der Waals surface area contributed by atoms with Gasteiger partial charge >= 0.3 is 0 Å². The van der Waals surface area contributed by atoms with Gasteiger partial charge in [-0.3, -0.25) is 4.57 Å². The number of imidazole rings is 1. The molecule has 3 aliphatic rings. The van der Waals surface area contributed by atoms with Crippen LogP contribution in [0.4, 0.5) is 22.7 Å². The van der Waals surface area contributed by atoms with E-state index in [9.17, 15) is 2.74 Å². The first-order valence-corrected chi connectivity index (χ1v) is 28.2. The van der Waals surface area contributed by atoms with Gasteiger partial charge in [-0.1, -0.05) is 158 Å². The third-order valence-electron chi connectivity index (χ3n) is 15.3. The molecule has 0 saturated heterocycles. The molecule has 2 radical (unpaired) electrons. The van der Waals surface area contributed by atoms with E-state index >= 15 is 0 Å². The molecule has 410 valence electrons. The molecule has 83 heavy (non-hydrogen) atoms. The molecule has 0 spiro atoms. The van der Waals surface area contributed by atoms with Gasteiger partial charge in [0.15, 0.2) is 14.6 Å². The summed E-state index contributed by atoms with van der Waals surface area (Å²) in [7, 11) is 4.34. The summed E-state index contributed by atoms with van der Waals surface area (Å²) >= 11 is 0. The van der Waals surface area contributed by atoms with Gasteiger partial charge < -0.3 is 29.7 Å². The third-order valence-corrected chi connectivity index (χ3v) is 15.3. The number of aryl methyl sites for hydroxylation is 1. The summed E-state index contributed by atoms with van der Waals surface area (Å²) in [5.74, 6) is 4.69. The average molecular weight is 1090 g/mol. The predicted molar refractivity (Wildman–Crippen MR) is 352 cm³/mol. The fourth-order valence-electron chi connectivity index (χ4n) is 11.2. The van der Waals surface area contributed by atoms with Crippen LogP contribution in [0.5, 0.6) is 11.6 Å². The zero-order valence-corrected chi connectivity index (χ0v) is 48.4. The second-order valence-electron chi connectivity index (χ2n) is 24.1. The van der Waals surface area contributed by atoms with Crippen molar-refractivity contribution in [2.24, 2.45) is 6.98 Å². The molecule has 12 rings (SSSR count). The van der Waals surface area contributed by atoms with Gasteiger partial charge in [-0.05, 0) is 129 Å². The summed E-state index contributed by atoms with van der Waals surface area (Å²) in [6, 6.07) is 34.5. The van der Waals surface area contributed by atoms with E-state index in [1.165, 1.54) is 10.1 Å². The molecule has 0 atom stereocenters. The van der Waals surface area contributed by atoms with Crippen LogP contribution in [-0.4, -0.2) is 40.3 Å². The van der Waals surface area contributed by atoms with Crippen molar-refractivity contribution in [1.29, 1.82) is 0 Å². The first kappa shape index (κ1) is 46.4. The molecule has 3 aromatic heterocycles. The molecule has 3 aliphatic heterocycles. The molecule has 9 nitrogen and oxygen atoms in total. The number of hydrogen-bond donors (Lipinski definition) is 2. The molecule has 0 aliphatic carbocycles. The van der Waals surface area contributed by atoms with E-state index in [0.29, 0.717) is 40.0 Å². The van der Waals surface area contributed by atoms with Gasteiger partial charge in [0.2, 0.25) is 11.8 Å². The van der Waals surface area contributed by atoms with Gasteiger partial charge in [-0.2, -0.15) is 0 Å². The van der Waals surface area contributed by atoms with Crippen LogP contribution in [0.15, 0.2) is 219 Å². The van der Waals surface area contributed by atoms with E-state index in [2.05, 4.69) is 182 Å². The Labute approximate surface area is 500 Å². The van der Waals surface area contributed by atoms with Gasteiger partial charge in [-0.15, -0.1) is 12.0 Å². The predicted octanol–water partition coefficient (Wildman–Crippen LogP) is 17.0. The Kier molecular flexibility index (Phi) is 12.3. The molecule has 0 unspecified atom stereocenters. The lowest BCUT2D eigenvalue weighted by Crippen LogP contribution is -2.27. The Morgan fingerprint density at radius 1 is 0.578 bits per heavy atom. The minimum atomic E-state index is -2.74. The van der Waals surface area contributed by atoms with E-state index < -0.39 is 19.1 Å². The summed E-state index contributed by atoms with van der Waals surface area (Å²) < 4.78 is 72.5. The lowest BCUT2D eigenvalue weighted by atomic mass is 9.62. The van der Waals surface area contributed by atoms with Crippen LogP contribution in [0.1, 0.15) is 99.7 Å². The summed E-state index contributed by atoms with van der Waals surface area (Å²) in [4.78, 5) is 15.1. The second-order valence-corrected chi connectivity index (χ2v) is 24.1. The minimum absolute atomic E-state index is 0.0422. The normalized spacial score (nSPS) is 19.7. The highest BCUT2D eigenvalue weighted by Crippen LogP contribution is 2.51. The third kappa shape index (κ3) is 10.7. The van der Waals surface area contributed by atoms with Crippen LogP contribution >= 0.6 is 0 Å². The van der Waals surface area contributed by atoms with E-state index in [1.54, 1.807) is 42.5 Å². The van der Waals surface area contributed by atoms with Gasteiger partial charge in [0, 0.05) is 64.4 Å². The maximum absolute atomic E-state index is 9.35. The molecule has 6 heterocycles. The smallest absolute Gasteiger partial charge is 0.221 e. The SMILES string of the molecule is [2H]c1c([2H])c([2H])c2c(c1[2H])c1ccc(Oc3cc(N4CN(c5c(/C6=C/C=C\N/C=C\C=C/[B]6)cc(C(C)(C)C)cc5/C5=C/C=C\N/C=C\C=C/[B]5)c5ccccc54)cc(-c4c(C(C)(C)C)cccc4C(C)(C)C)n3)cc1n2-c1nc2ccccc2n1C([2H])([2H])[2H]. The summed E-state index contributed by atoms with van der Waals surface area (Å²) in [6.07, 6.45) is 24.0. The Hall–Kier alpha value is -9.21. The maximum Gasteiger partial charge on any atom is 0.221 e. The highest BCUT2D eigenvalue weighted by molar-refractivity contribution is 6.67. The monoisotopic (exact) mass is 1090 g/mol. The number of fused-ring (bicyclic) bond motifs is 5. The maximum atomic E-state index is 9.35. The molecule has 2 N–H and O–H groups in total. The van der Waals surface area contributed by atoms with Crippen molar-refractivity contribution in [1.82, 2.24) is 29.7 Å². The fraction of sp³-hybridized carbons (Fsp3) is 0.194. The first-order valence-electron chi connectivity index (χ1n) is 31.7. The van der Waals surface area contributed by atoms with Crippen LogP contribution in [0.25, 0.3) is 61.0 Å². The van der Waals surface area contributed by atoms with Crippen molar-refractivity contribution < 1.29 is 14.3 Å². The van der Waals surface area contributed by atoms with Crippen molar-refractivity contribution in [3.8, 4) is 28.8 Å². The second kappa shape index (κ2) is 21.9. The molecular weight excluding hydrogens is 1010 g/mol. The van der Waals surface area contributed by atoms with Crippen LogP contribution < -0.4 is 25.2 Å². The van der Waals surface area contributed by atoms with Crippen LogP contribution in [0, 0.1) is 0 Å². The highest BCUT2D eigenvalue weighted by atomic mass is 16.5. The van der Waals surface area contributed by atoms with Crippen molar-refractivity contribution in [2.75, 3.05) is 16.5 Å². The summed E-state index contributed by atoms with van der Waals surface area (Å²) in [5, 5.41) is 7.19. The first-order chi connectivity index (χ1) is 42.9. The van der Waals surface area contributed by atoms with Crippen LogP contribution in [-0.2, 0) is 23.2 Å². The molecule has 0 fully saturated rings. The van der Waals surface area contributed by atoms with Crippen LogP contribution in [0.2, 0.25) is 0 Å². The average Bonchev–Trinajstić information content (AvgIpc) is 1.60. The Bertz CT molecular complexity index is 4510. The number of allylic oxidation sites excluding steroid dienone is 8. The fourth-order valence-corrected chi connectivity index (χ4v) is 11.2.